The van der Waals surface area contributed by atoms with Crippen molar-refractivity contribution in [3.05, 3.63) is 40.7 Å². The monoisotopic (exact) mass is 315 g/mol. The molecule has 0 atom stereocenters. The Labute approximate surface area is 135 Å². The molecule has 0 saturated carbocycles. The highest BCUT2D eigenvalue weighted by Gasteiger charge is 2.20. The number of hydrogen-bond donors (Lipinski definition) is 0. The zero-order chi connectivity index (χ0) is 16.6. The molecule has 0 N–H and O–H groups in total. The van der Waals surface area contributed by atoms with Crippen molar-refractivity contribution in [1.82, 2.24) is 14.7 Å². The maximum Gasteiger partial charge on any atom is 0.254 e. The number of fused-ring (bicyclic) bond motifs is 1. The van der Waals surface area contributed by atoms with Crippen molar-refractivity contribution in [2.24, 2.45) is 0 Å². The number of nitrogens with zero attached hydrogens (tertiary/aromatic N) is 3. The van der Waals surface area contributed by atoms with E-state index < -0.39 is 0 Å². The van der Waals surface area contributed by atoms with Crippen LogP contribution in [0.4, 0.5) is 0 Å². The number of ether oxygens (including phenoxy) is 2. The van der Waals surface area contributed by atoms with E-state index in [2.05, 4.69) is 12.0 Å². The quantitative estimate of drug-likeness (QED) is 0.870. The topological polar surface area (TPSA) is 56.6 Å². The van der Waals surface area contributed by atoms with Crippen molar-refractivity contribution in [2.75, 3.05) is 13.8 Å². The van der Waals surface area contributed by atoms with Crippen molar-refractivity contribution in [2.45, 2.75) is 33.9 Å². The Morgan fingerprint density at radius 3 is 2.74 bits per heavy atom. The van der Waals surface area contributed by atoms with Gasteiger partial charge in [-0.25, -0.2) is 0 Å². The van der Waals surface area contributed by atoms with Crippen LogP contribution in [0.25, 0.3) is 0 Å². The molecule has 0 aliphatic carbocycles. The number of aromatic nitrogens is 2. The highest BCUT2D eigenvalue weighted by molar-refractivity contribution is 5.94. The Balaban J connectivity index is 1.79. The summed E-state index contributed by atoms with van der Waals surface area (Å²) in [6, 6.07) is 5.27. The first-order valence-corrected chi connectivity index (χ1v) is 7.69. The van der Waals surface area contributed by atoms with E-state index in [0.717, 1.165) is 23.5 Å². The number of hydrogen-bond acceptors (Lipinski definition) is 4. The molecule has 3 rings (SSSR count). The van der Waals surface area contributed by atoms with Gasteiger partial charge >= 0.3 is 0 Å². The molecule has 1 aromatic carbocycles. The van der Waals surface area contributed by atoms with Crippen LogP contribution in [0.5, 0.6) is 11.5 Å². The minimum Gasteiger partial charge on any atom is -0.454 e. The molecule has 1 aliphatic rings. The molecule has 1 amide bonds. The molecule has 0 fully saturated rings. The van der Waals surface area contributed by atoms with Gasteiger partial charge in [-0.1, -0.05) is 0 Å². The Kier molecular flexibility index (Phi) is 3.98. The fourth-order valence-corrected chi connectivity index (χ4v) is 2.83. The predicted molar refractivity (Wildman–Crippen MR) is 85.7 cm³/mol. The first-order valence-electron chi connectivity index (χ1n) is 7.69. The summed E-state index contributed by atoms with van der Waals surface area (Å²) in [4.78, 5) is 14.4. The van der Waals surface area contributed by atoms with Gasteiger partial charge < -0.3 is 14.4 Å². The zero-order valence-corrected chi connectivity index (χ0v) is 13.9. The number of aryl methyl sites for hydroxylation is 2. The van der Waals surface area contributed by atoms with Gasteiger partial charge in [0.05, 0.1) is 5.69 Å². The van der Waals surface area contributed by atoms with Crippen LogP contribution in [0, 0.1) is 13.8 Å². The molecule has 0 bridgehead atoms. The normalized spacial score (nSPS) is 12.5. The van der Waals surface area contributed by atoms with E-state index in [0.29, 0.717) is 23.6 Å². The lowest BCUT2D eigenvalue weighted by Gasteiger charge is -2.18. The number of benzene rings is 1. The lowest BCUT2D eigenvalue weighted by atomic mass is 10.1. The van der Waals surface area contributed by atoms with Gasteiger partial charge in [0.25, 0.3) is 5.91 Å². The van der Waals surface area contributed by atoms with Gasteiger partial charge in [-0.05, 0) is 39.0 Å². The average molecular weight is 315 g/mol. The van der Waals surface area contributed by atoms with E-state index in [1.165, 1.54) is 0 Å². The van der Waals surface area contributed by atoms with Crippen LogP contribution < -0.4 is 9.47 Å². The fraction of sp³-hybridized carbons (Fsp3) is 0.412. The second-order valence-electron chi connectivity index (χ2n) is 5.69. The number of amides is 1. The van der Waals surface area contributed by atoms with Gasteiger partial charge in [-0.15, -0.1) is 0 Å². The summed E-state index contributed by atoms with van der Waals surface area (Å²) in [6.45, 7) is 7.64. The smallest absolute Gasteiger partial charge is 0.254 e. The van der Waals surface area contributed by atoms with E-state index in [1.807, 2.05) is 18.5 Å². The van der Waals surface area contributed by atoms with Crippen LogP contribution in [-0.4, -0.2) is 34.4 Å². The molecule has 6 heteroatoms. The van der Waals surface area contributed by atoms with E-state index in [-0.39, 0.29) is 12.7 Å². The number of carbonyl (C=O) groups is 1. The molecule has 2 aromatic rings. The van der Waals surface area contributed by atoms with E-state index in [1.54, 1.807) is 30.1 Å². The molecule has 0 radical (unpaired) electrons. The Bertz CT molecular complexity index is 752. The van der Waals surface area contributed by atoms with Crippen molar-refractivity contribution >= 4 is 5.91 Å². The van der Waals surface area contributed by atoms with Crippen molar-refractivity contribution in [1.29, 1.82) is 0 Å². The van der Waals surface area contributed by atoms with E-state index in [4.69, 9.17) is 9.47 Å². The molecule has 122 valence electrons. The molecule has 0 spiro atoms. The molecular weight excluding hydrogens is 294 g/mol. The van der Waals surface area contributed by atoms with Crippen molar-refractivity contribution in [3.8, 4) is 11.5 Å². The van der Waals surface area contributed by atoms with Crippen molar-refractivity contribution < 1.29 is 14.3 Å². The molecule has 0 unspecified atom stereocenters. The van der Waals surface area contributed by atoms with Gasteiger partial charge in [0, 0.05) is 37.0 Å². The highest BCUT2D eigenvalue weighted by Crippen LogP contribution is 2.32. The van der Waals surface area contributed by atoms with Crippen molar-refractivity contribution in [3.63, 3.8) is 0 Å². The first kappa shape index (κ1) is 15.4. The van der Waals surface area contributed by atoms with Gasteiger partial charge in [-0.2, -0.15) is 5.10 Å². The number of carbonyl (C=O) groups excluding carboxylic acids is 1. The van der Waals surface area contributed by atoms with Crippen LogP contribution in [0.2, 0.25) is 0 Å². The molecule has 6 nitrogen and oxygen atoms in total. The van der Waals surface area contributed by atoms with Crippen LogP contribution >= 0.6 is 0 Å². The van der Waals surface area contributed by atoms with Crippen LogP contribution in [-0.2, 0) is 13.1 Å². The second kappa shape index (κ2) is 5.95. The first-order chi connectivity index (χ1) is 11.0. The number of rotatable bonds is 4. The van der Waals surface area contributed by atoms with E-state index in [9.17, 15) is 4.79 Å². The summed E-state index contributed by atoms with van der Waals surface area (Å²) < 4.78 is 12.6. The van der Waals surface area contributed by atoms with Crippen LogP contribution in [0.15, 0.2) is 18.2 Å². The summed E-state index contributed by atoms with van der Waals surface area (Å²) in [6.07, 6.45) is 0. The third-order valence-electron chi connectivity index (χ3n) is 4.19. The van der Waals surface area contributed by atoms with Gasteiger partial charge in [0.2, 0.25) is 6.79 Å². The molecule has 1 aromatic heterocycles. The van der Waals surface area contributed by atoms with E-state index >= 15 is 0 Å². The average Bonchev–Trinajstić information content (AvgIpc) is 3.12. The minimum atomic E-state index is -0.0497. The summed E-state index contributed by atoms with van der Waals surface area (Å²) in [5.74, 6) is 1.25. The largest absolute Gasteiger partial charge is 0.454 e. The summed E-state index contributed by atoms with van der Waals surface area (Å²) in [5, 5.41) is 4.50. The molecule has 2 heterocycles. The Hall–Kier alpha value is -2.50. The van der Waals surface area contributed by atoms with Gasteiger partial charge in [-0.3, -0.25) is 9.48 Å². The summed E-state index contributed by atoms with van der Waals surface area (Å²) in [7, 11) is 1.80. The maximum atomic E-state index is 12.7. The maximum absolute atomic E-state index is 12.7. The SMILES string of the molecule is CCn1nc(C)c(CN(C)C(=O)c2ccc3c(c2)OCO3)c1C. The summed E-state index contributed by atoms with van der Waals surface area (Å²) >= 11 is 0. The van der Waals surface area contributed by atoms with Crippen LogP contribution in [0.1, 0.15) is 34.2 Å². The lowest BCUT2D eigenvalue weighted by molar-refractivity contribution is 0.0784. The lowest BCUT2D eigenvalue weighted by Crippen LogP contribution is -2.26. The minimum absolute atomic E-state index is 0.0497. The predicted octanol–water partition coefficient (Wildman–Crippen LogP) is 2.52. The molecule has 1 aliphatic heterocycles. The standard InChI is InChI=1S/C17H21N3O3/c1-5-20-12(3)14(11(2)18-20)9-19(4)17(21)13-6-7-15-16(8-13)23-10-22-15/h6-8H,5,9-10H2,1-4H3. The third kappa shape index (κ3) is 2.76. The zero-order valence-electron chi connectivity index (χ0n) is 13.9. The third-order valence-corrected chi connectivity index (χ3v) is 4.19. The Morgan fingerprint density at radius 2 is 2.04 bits per heavy atom. The second-order valence-corrected chi connectivity index (χ2v) is 5.69. The molecule has 23 heavy (non-hydrogen) atoms. The Morgan fingerprint density at radius 1 is 1.30 bits per heavy atom. The molecule has 0 saturated heterocycles. The van der Waals surface area contributed by atoms with Gasteiger partial charge in [0.15, 0.2) is 11.5 Å². The van der Waals surface area contributed by atoms with Gasteiger partial charge in [0.1, 0.15) is 0 Å². The highest BCUT2D eigenvalue weighted by atomic mass is 16.7. The summed E-state index contributed by atoms with van der Waals surface area (Å²) in [5.41, 5.74) is 3.77. The van der Waals surface area contributed by atoms with Crippen LogP contribution in [0.3, 0.4) is 0 Å². The molecular formula is C17H21N3O3. The fourth-order valence-electron chi connectivity index (χ4n) is 2.83.